The highest BCUT2D eigenvalue weighted by Crippen LogP contribution is 2.28. The molecule has 0 spiro atoms. The molecule has 0 saturated carbocycles. The van der Waals surface area contributed by atoms with Crippen molar-refractivity contribution in [3.05, 3.63) is 41.5 Å². The summed E-state index contributed by atoms with van der Waals surface area (Å²) in [5.41, 5.74) is 1.70. The standard InChI is InChI=1S/C14H18FN3O/c1-3-10(4-2)14-12(9-19)16-17-18(14)13-8-6-5-7-11(13)15/h5-8,10,19H,3-4,9H2,1-2H3. The molecule has 2 rings (SSSR count). The van der Waals surface area contributed by atoms with Gasteiger partial charge in [-0.25, -0.2) is 9.07 Å². The van der Waals surface area contributed by atoms with Gasteiger partial charge in [0, 0.05) is 5.92 Å². The van der Waals surface area contributed by atoms with E-state index in [0.29, 0.717) is 11.4 Å². The molecule has 0 bridgehead atoms. The van der Waals surface area contributed by atoms with Gasteiger partial charge in [0.15, 0.2) is 0 Å². The number of hydrogen-bond donors (Lipinski definition) is 1. The average Bonchev–Trinajstić information content (AvgIpc) is 2.85. The van der Waals surface area contributed by atoms with Crippen molar-refractivity contribution in [3.63, 3.8) is 0 Å². The van der Waals surface area contributed by atoms with Crippen LogP contribution in [0.1, 0.15) is 44.0 Å². The van der Waals surface area contributed by atoms with Gasteiger partial charge in [-0.2, -0.15) is 0 Å². The van der Waals surface area contributed by atoms with E-state index < -0.39 is 0 Å². The van der Waals surface area contributed by atoms with Crippen LogP contribution in [0.4, 0.5) is 4.39 Å². The topological polar surface area (TPSA) is 50.9 Å². The highest BCUT2D eigenvalue weighted by atomic mass is 19.1. The van der Waals surface area contributed by atoms with Gasteiger partial charge >= 0.3 is 0 Å². The van der Waals surface area contributed by atoms with Crippen molar-refractivity contribution in [2.75, 3.05) is 0 Å². The normalized spacial score (nSPS) is 11.2. The van der Waals surface area contributed by atoms with E-state index in [1.54, 1.807) is 18.2 Å². The summed E-state index contributed by atoms with van der Waals surface area (Å²) in [6.07, 6.45) is 1.79. The summed E-state index contributed by atoms with van der Waals surface area (Å²) < 4.78 is 15.4. The number of rotatable bonds is 5. The van der Waals surface area contributed by atoms with Crippen LogP contribution in [0, 0.1) is 5.82 Å². The van der Waals surface area contributed by atoms with Crippen LogP contribution in [0.5, 0.6) is 0 Å². The highest BCUT2D eigenvalue weighted by molar-refractivity contribution is 5.36. The second kappa shape index (κ2) is 5.93. The molecule has 5 heteroatoms. The third kappa shape index (κ3) is 2.51. The van der Waals surface area contributed by atoms with Crippen molar-refractivity contribution >= 4 is 0 Å². The zero-order valence-corrected chi connectivity index (χ0v) is 11.2. The molecule has 19 heavy (non-hydrogen) atoms. The fourth-order valence-electron chi connectivity index (χ4n) is 2.32. The Morgan fingerprint density at radius 1 is 1.26 bits per heavy atom. The molecule has 0 fully saturated rings. The lowest BCUT2D eigenvalue weighted by molar-refractivity contribution is 0.274. The molecule has 1 aromatic heterocycles. The second-order valence-electron chi connectivity index (χ2n) is 4.46. The van der Waals surface area contributed by atoms with E-state index in [9.17, 15) is 9.50 Å². The summed E-state index contributed by atoms with van der Waals surface area (Å²) in [5.74, 6) is -0.138. The monoisotopic (exact) mass is 263 g/mol. The van der Waals surface area contributed by atoms with E-state index in [0.717, 1.165) is 18.5 Å². The van der Waals surface area contributed by atoms with Gasteiger partial charge in [-0.15, -0.1) is 5.10 Å². The Morgan fingerprint density at radius 2 is 1.95 bits per heavy atom. The lowest BCUT2D eigenvalue weighted by Gasteiger charge is -2.15. The number of para-hydroxylation sites is 1. The molecule has 0 aliphatic rings. The first-order valence-corrected chi connectivity index (χ1v) is 6.53. The van der Waals surface area contributed by atoms with E-state index in [-0.39, 0.29) is 18.3 Å². The summed E-state index contributed by atoms with van der Waals surface area (Å²) in [6.45, 7) is 3.95. The molecule has 0 aliphatic carbocycles. The number of aliphatic hydroxyl groups excluding tert-OH is 1. The third-order valence-corrected chi connectivity index (χ3v) is 3.38. The maximum atomic E-state index is 13.9. The van der Waals surface area contributed by atoms with Crippen LogP contribution in [-0.2, 0) is 6.61 Å². The fraction of sp³-hybridized carbons (Fsp3) is 0.429. The van der Waals surface area contributed by atoms with E-state index in [1.165, 1.54) is 10.7 Å². The summed E-state index contributed by atoms with van der Waals surface area (Å²) in [7, 11) is 0. The Labute approximate surface area is 111 Å². The first-order chi connectivity index (χ1) is 9.22. The van der Waals surface area contributed by atoms with Crippen molar-refractivity contribution in [2.24, 2.45) is 0 Å². The Kier molecular flexibility index (Phi) is 4.27. The van der Waals surface area contributed by atoms with Gasteiger partial charge in [0.25, 0.3) is 0 Å². The minimum atomic E-state index is -0.343. The maximum absolute atomic E-state index is 13.9. The number of nitrogens with zero attached hydrogens (tertiary/aromatic N) is 3. The molecule has 0 unspecified atom stereocenters. The quantitative estimate of drug-likeness (QED) is 0.902. The van der Waals surface area contributed by atoms with Crippen LogP contribution in [0.2, 0.25) is 0 Å². The number of hydrogen-bond acceptors (Lipinski definition) is 3. The van der Waals surface area contributed by atoms with Gasteiger partial charge in [0.05, 0.1) is 12.3 Å². The van der Waals surface area contributed by atoms with Gasteiger partial charge in [-0.1, -0.05) is 31.2 Å². The van der Waals surface area contributed by atoms with Crippen LogP contribution >= 0.6 is 0 Å². The summed E-state index contributed by atoms with van der Waals surface area (Å²) in [5, 5.41) is 17.3. The molecule has 1 N–H and O–H groups in total. The maximum Gasteiger partial charge on any atom is 0.148 e. The minimum absolute atomic E-state index is 0.180. The van der Waals surface area contributed by atoms with Gasteiger partial charge in [-0.3, -0.25) is 0 Å². The largest absolute Gasteiger partial charge is 0.390 e. The number of aliphatic hydroxyl groups is 1. The lowest BCUT2D eigenvalue weighted by Crippen LogP contribution is -2.10. The van der Waals surface area contributed by atoms with Crippen LogP contribution < -0.4 is 0 Å². The van der Waals surface area contributed by atoms with Crippen LogP contribution in [0.25, 0.3) is 5.69 Å². The molecule has 0 amide bonds. The van der Waals surface area contributed by atoms with Gasteiger partial charge in [-0.05, 0) is 25.0 Å². The van der Waals surface area contributed by atoms with E-state index >= 15 is 0 Å². The Hall–Kier alpha value is -1.75. The van der Waals surface area contributed by atoms with Crippen LogP contribution in [0.15, 0.2) is 24.3 Å². The molecular formula is C14H18FN3O. The highest BCUT2D eigenvalue weighted by Gasteiger charge is 2.21. The van der Waals surface area contributed by atoms with Crippen molar-refractivity contribution in [3.8, 4) is 5.69 Å². The number of benzene rings is 1. The van der Waals surface area contributed by atoms with Crippen molar-refractivity contribution in [1.29, 1.82) is 0 Å². The second-order valence-corrected chi connectivity index (χ2v) is 4.46. The first-order valence-electron chi connectivity index (χ1n) is 6.53. The molecule has 0 radical (unpaired) electrons. The van der Waals surface area contributed by atoms with Gasteiger partial charge in [0.2, 0.25) is 0 Å². The molecule has 0 aliphatic heterocycles. The zero-order chi connectivity index (χ0) is 13.8. The average molecular weight is 263 g/mol. The Balaban J connectivity index is 2.58. The van der Waals surface area contributed by atoms with Crippen LogP contribution in [0.3, 0.4) is 0 Å². The summed E-state index contributed by atoms with van der Waals surface area (Å²) in [6, 6.07) is 6.46. The number of halogens is 1. The molecule has 1 heterocycles. The lowest BCUT2D eigenvalue weighted by atomic mass is 9.97. The molecular weight excluding hydrogens is 245 g/mol. The van der Waals surface area contributed by atoms with Crippen molar-refractivity contribution in [2.45, 2.75) is 39.2 Å². The van der Waals surface area contributed by atoms with Gasteiger partial charge < -0.3 is 5.11 Å². The zero-order valence-electron chi connectivity index (χ0n) is 11.2. The van der Waals surface area contributed by atoms with E-state index in [2.05, 4.69) is 24.2 Å². The minimum Gasteiger partial charge on any atom is -0.390 e. The Bertz CT molecular complexity index is 549. The van der Waals surface area contributed by atoms with E-state index in [1.807, 2.05) is 0 Å². The molecule has 4 nitrogen and oxygen atoms in total. The van der Waals surface area contributed by atoms with Gasteiger partial charge in [0.1, 0.15) is 17.2 Å². The van der Waals surface area contributed by atoms with E-state index in [4.69, 9.17) is 0 Å². The summed E-state index contributed by atoms with van der Waals surface area (Å²) in [4.78, 5) is 0. The Morgan fingerprint density at radius 3 is 2.53 bits per heavy atom. The predicted octanol–water partition coefficient (Wildman–Crippen LogP) is 2.80. The third-order valence-electron chi connectivity index (χ3n) is 3.38. The van der Waals surface area contributed by atoms with Crippen molar-refractivity contribution in [1.82, 2.24) is 15.0 Å². The molecule has 0 saturated heterocycles. The SMILES string of the molecule is CCC(CC)c1c(CO)nnn1-c1ccccc1F. The first kappa shape index (κ1) is 13.7. The predicted molar refractivity (Wildman–Crippen MR) is 70.6 cm³/mol. The summed E-state index contributed by atoms with van der Waals surface area (Å²) >= 11 is 0. The fourth-order valence-corrected chi connectivity index (χ4v) is 2.32. The number of aromatic nitrogens is 3. The molecule has 2 aromatic rings. The molecule has 1 aromatic carbocycles. The molecule has 102 valence electrons. The molecule has 0 atom stereocenters. The van der Waals surface area contributed by atoms with Crippen molar-refractivity contribution < 1.29 is 9.50 Å². The smallest absolute Gasteiger partial charge is 0.148 e. The van der Waals surface area contributed by atoms with Crippen LogP contribution in [-0.4, -0.2) is 20.1 Å².